The van der Waals surface area contributed by atoms with E-state index < -0.39 is 0 Å². The molecule has 1 aliphatic heterocycles. The van der Waals surface area contributed by atoms with Crippen LogP contribution in [0.25, 0.3) is 11.0 Å². The average molecular weight is 291 g/mol. The van der Waals surface area contributed by atoms with Gasteiger partial charge in [-0.3, -0.25) is 0 Å². The number of piperidine rings is 1. The van der Waals surface area contributed by atoms with E-state index in [0.717, 1.165) is 34.6 Å². The van der Waals surface area contributed by atoms with E-state index in [4.69, 9.17) is 17.0 Å². The molecule has 0 bridgehead atoms. The maximum atomic E-state index is 5.48. The van der Waals surface area contributed by atoms with Gasteiger partial charge in [0.2, 0.25) is 0 Å². The van der Waals surface area contributed by atoms with E-state index in [0.29, 0.717) is 5.92 Å². The first-order valence-electron chi connectivity index (χ1n) is 7.12. The number of imidazole rings is 1. The Kier molecular flexibility index (Phi) is 3.81. The van der Waals surface area contributed by atoms with Crippen molar-refractivity contribution in [2.75, 3.05) is 27.2 Å². The van der Waals surface area contributed by atoms with Crippen LogP contribution in [0, 0.1) is 10.7 Å². The van der Waals surface area contributed by atoms with Gasteiger partial charge in [-0.05, 0) is 56.7 Å². The number of benzene rings is 1. The molecule has 2 heterocycles. The zero-order valence-corrected chi connectivity index (χ0v) is 12.9. The smallest absolute Gasteiger partial charge is 0.178 e. The van der Waals surface area contributed by atoms with Crippen molar-refractivity contribution in [1.29, 1.82) is 0 Å². The zero-order valence-electron chi connectivity index (χ0n) is 12.1. The second-order valence-electron chi connectivity index (χ2n) is 5.69. The summed E-state index contributed by atoms with van der Waals surface area (Å²) in [4.78, 5) is 5.70. The summed E-state index contributed by atoms with van der Waals surface area (Å²) in [6.45, 7) is 3.35. The number of nitrogens with one attached hydrogen (secondary N) is 1. The predicted octanol–water partition coefficient (Wildman–Crippen LogP) is 3.05. The van der Waals surface area contributed by atoms with E-state index in [1.54, 1.807) is 7.11 Å². The number of H-pyrrole nitrogens is 1. The third kappa shape index (κ3) is 2.60. The number of fused-ring (bicyclic) bond motifs is 1. The maximum Gasteiger partial charge on any atom is 0.178 e. The molecule has 4 nitrogen and oxygen atoms in total. The Hall–Kier alpha value is -1.33. The molecular weight excluding hydrogens is 270 g/mol. The molecular formula is C15H21N3OS. The van der Waals surface area contributed by atoms with E-state index in [9.17, 15) is 0 Å². The fraction of sp³-hybridized carbons (Fsp3) is 0.533. The molecule has 1 saturated heterocycles. The van der Waals surface area contributed by atoms with Gasteiger partial charge in [0.05, 0.1) is 18.1 Å². The molecule has 108 valence electrons. The average Bonchev–Trinajstić information content (AvgIpc) is 2.74. The second-order valence-corrected chi connectivity index (χ2v) is 6.08. The Morgan fingerprint density at radius 3 is 3.05 bits per heavy atom. The molecule has 0 amide bonds. The summed E-state index contributed by atoms with van der Waals surface area (Å²) in [5, 5.41) is 0. The highest BCUT2D eigenvalue weighted by atomic mass is 32.1. The van der Waals surface area contributed by atoms with Crippen LogP contribution in [0.2, 0.25) is 0 Å². The lowest BCUT2D eigenvalue weighted by atomic mass is 9.98. The van der Waals surface area contributed by atoms with Gasteiger partial charge in [-0.15, -0.1) is 0 Å². The Balaban J connectivity index is 1.93. The van der Waals surface area contributed by atoms with Crippen LogP contribution in [0.3, 0.4) is 0 Å². The van der Waals surface area contributed by atoms with Crippen molar-refractivity contribution in [2.24, 2.45) is 5.92 Å². The molecule has 0 aliphatic carbocycles. The van der Waals surface area contributed by atoms with Crippen molar-refractivity contribution in [3.63, 3.8) is 0 Å². The number of aromatic amines is 1. The van der Waals surface area contributed by atoms with Crippen LogP contribution in [0.1, 0.15) is 12.8 Å². The third-order valence-electron chi connectivity index (χ3n) is 4.15. The number of likely N-dealkylation sites (tertiary alicyclic amines) is 1. The first kappa shape index (κ1) is 13.6. The van der Waals surface area contributed by atoms with Crippen molar-refractivity contribution in [2.45, 2.75) is 19.4 Å². The Bertz CT molecular complexity index is 661. The van der Waals surface area contributed by atoms with E-state index in [1.165, 1.54) is 19.4 Å². The quantitative estimate of drug-likeness (QED) is 0.882. The zero-order chi connectivity index (χ0) is 14.1. The predicted molar refractivity (Wildman–Crippen MR) is 83.9 cm³/mol. The van der Waals surface area contributed by atoms with Crippen molar-refractivity contribution >= 4 is 23.3 Å². The number of rotatable bonds is 3. The standard InChI is InChI=1S/C15H21N3OS/c1-17-7-3-4-11(9-17)10-18-14-8-12(19-2)5-6-13(14)16-15(18)20/h5-6,8,11H,3-4,7,9-10H2,1-2H3,(H,16,20). The van der Waals surface area contributed by atoms with Gasteiger partial charge >= 0.3 is 0 Å². The normalized spacial score (nSPS) is 20.4. The van der Waals surface area contributed by atoms with Gasteiger partial charge in [0, 0.05) is 19.2 Å². The molecule has 5 heteroatoms. The molecule has 1 fully saturated rings. The molecule has 2 aromatic rings. The molecule has 1 atom stereocenters. The Morgan fingerprint density at radius 2 is 2.30 bits per heavy atom. The van der Waals surface area contributed by atoms with E-state index in [2.05, 4.69) is 27.6 Å². The van der Waals surface area contributed by atoms with Crippen molar-refractivity contribution in [3.05, 3.63) is 23.0 Å². The lowest BCUT2D eigenvalue weighted by molar-refractivity contribution is 0.195. The van der Waals surface area contributed by atoms with Crippen molar-refractivity contribution in [1.82, 2.24) is 14.5 Å². The molecule has 1 aromatic heterocycles. The SMILES string of the molecule is COc1ccc2[nH]c(=S)n(CC3CCCN(C)C3)c2c1. The van der Waals surface area contributed by atoms with Crippen LogP contribution in [0.5, 0.6) is 5.75 Å². The van der Waals surface area contributed by atoms with Gasteiger partial charge in [-0.2, -0.15) is 0 Å². The number of nitrogens with zero attached hydrogens (tertiary/aromatic N) is 2. The number of ether oxygens (including phenoxy) is 1. The summed E-state index contributed by atoms with van der Waals surface area (Å²) in [7, 11) is 3.90. The minimum absolute atomic E-state index is 0.672. The molecule has 0 spiro atoms. The summed E-state index contributed by atoms with van der Waals surface area (Å²) in [5.41, 5.74) is 2.22. The van der Waals surface area contributed by atoms with E-state index in [1.807, 2.05) is 12.1 Å². The second kappa shape index (κ2) is 5.58. The largest absolute Gasteiger partial charge is 0.497 e. The van der Waals surface area contributed by atoms with Gasteiger partial charge in [-0.1, -0.05) is 0 Å². The molecule has 1 aromatic carbocycles. The molecule has 0 saturated carbocycles. The molecule has 1 N–H and O–H groups in total. The highest BCUT2D eigenvalue weighted by Crippen LogP contribution is 2.24. The van der Waals surface area contributed by atoms with Gasteiger partial charge < -0.3 is 19.2 Å². The van der Waals surface area contributed by atoms with Crippen molar-refractivity contribution < 1.29 is 4.74 Å². The van der Waals surface area contributed by atoms with Gasteiger partial charge in [0.1, 0.15) is 5.75 Å². The lowest BCUT2D eigenvalue weighted by Gasteiger charge is -2.29. The molecule has 0 radical (unpaired) electrons. The molecule has 1 aliphatic rings. The van der Waals surface area contributed by atoms with Crippen LogP contribution in [0.4, 0.5) is 0 Å². The third-order valence-corrected chi connectivity index (χ3v) is 4.47. The highest BCUT2D eigenvalue weighted by Gasteiger charge is 2.19. The van der Waals surface area contributed by atoms with Crippen LogP contribution in [-0.2, 0) is 6.54 Å². The summed E-state index contributed by atoms with van der Waals surface area (Å²) >= 11 is 5.48. The first-order chi connectivity index (χ1) is 9.67. The van der Waals surface area contributed by atoms with E-state index in [-0.39, 0.29) is 0 Å². The monoisotopic (exact) mass is 291 g/mol. The molecule has 3 rings (SSSR count). The summed E-state index contributed by atoms with van der Waals surface area (Å²) in [6, 6.07) is 6.06. The minimum Gasteiger partial charge on any atom is -0.497 e. The number of aromatic nitrogens is 2. The van der Waals surface area contributed by atoms with Crippen molar-refractivity contribution in [3.8, 4) is 5.75 Å². The molecule has 1 unspecified atom stereocenters. The highest BCUT2D eigenvalue weighted by molar-refractivity contribution is 7.71. The summed E-state index contributed by atoms with van der Waals surface area (Å²) in [6.07, 6.45) is 2.56. The van der Waals surface area contributed by atoms with Crippen LogP contribution < -0.4 is 4.74 Å². The first-order valence-corrected chi connectivity index (χ1v) is 7.53. The fourth-order valence-corrected chi connectivity index (χ4v) is 3.40. The number of methoxy groups -OCH3 is 1. The van der Waals surface area contributed by atoms with E-state index >= 15 is 0 Å². The van der Waals surface area contributed by atoms with Gasteiger partial charge in [0.25, 0.3) is 0 Å². The number of hydrogen-bond donors (Lipinski definition) is 1. The minimum atomic E-state index is 0.672. The van der Waals surface area contributed by atoms with Crippen LogP contribution >= 0.6 is 12.2 Å². The topological polar surface area (TPSA) is 33.2 Å². The van der Waals surface area contributed by atoms with Gasteiger partial charge in [0.15, 0.2) is 4.77 Å². The van der Waals surface area contributed by atoms with Crippen LogP contribution in [0.15, 0.2) is 18.2 Å². The Labute approximate surface area is 124 Å². The van der Waals surface area contributed by atoms with Gasteiger partial charge in [-0.25, -0.2) is 0 Å². The maximum absolute atomic E-state index is 5.48. The summed E-state index contributed by atoms with van der Waals surface area (Å²) in [5.74, 6) is 1.55. The summed E-state index contributed by atoms with van der Waals surface area (Å²) < 4.78 is 8.35. The van der Waals surface area contributed by atoms with Crippen LogP contribution in [-0.4, -0.2) is 41.7 Å². The lowest BCUT2D eigenvalue weighted by Crippen LogP contribution is -2.34. The Morgan fingerprint density at radius 1 is 1.45 bits per heavy atom. The molecule has 20 heavy (non-hydrogen) atoms. The fourth-order valence-electron chi connectivity index (χ4n) is 3.12. The number of hydrogen-bond acceptors (Lipinski definition) is 3.